The molecule has 0 aromatic carbocycles. The van der Waals surface area contributed by atoms with Crippen molar-refractivity contribution in [2.24, 2.45) is 0 Å². The summed E-state index contributed by atoms with van der Waals surface area (Å²) >= 11 is 0. The monoisotopic (exact) mass is 282 g/mol. The van der Waals surface area contributed by atoms with Gasteiger partial charge in [-0.05, 0) is 13.3 Å². The van der Waals surface area contributed by atoms with E-state index >= 15 is 0 Å². The number of amides is 1. The predicted molar refractivity (Wildman–Crippen MR) is 88.6 cm³/mol. The first kappa shape index (κ1) is 19.3. The summed E-state index contributed by atoms with van der Waals surface area (Å²) in [5.74, 6) is 0.194. The first-order chi connectivity index (χ1) is 9.72. The number of rotatable bonds is 14. The van der Waals surface area contributed by atoms with Gasteiger partial charge in [0.1, 0.15) is 13.3 Å². The van der Waals surface area contributed by atoms with Gasteiger partial charge in [-0.15, -0.1) is 0 Å². The van der Waals surface area contributed by atoms with Gasteiger partial charge in [-0.1, -0.05) is 77.6 Å². The normalized spacial score (nSPS) is 10.7. The third-order valence-corrected chi connectivity index (χ3v) is 3.98. The van der Waals surface area contributed by atoms with Crippen LogP contribution in [0.4, 0.5) is 0 Å². The summed E-state index contributed by atoms with van der Waals surface area (Å²) in [6.07, 6.45) is 16.7. The van der Waals surface area contributed by atoms with Crippen molar-refractivity contribution in [1.29, 1.82) is 0 Å². The van der Waals surface area contributed by atoms with Crippen molar-refractivity contribution in [1.82, 2.24) is 0 Å². The lowest BCUT2D eigenvalue weighted by molar-refractivity contribution is -0.437. The quantitative estimate of drug-likeness (QED) is 0.239. The van der Waals surface area contributed by atoms with Crippen LogP contribution in [0.25, 0.3) is 0 Å². The molecule has 20 heavy (non-hydrogen) atoms. The van der Waals surface area contributed by atoms with Crippen LogP contribution in [0.1, 0.15) is 97.3 Å². The van der Waals surface area contributed by atoms with Crippen LogP contribution in [-0.2, 0) is 4.79 Å². The molecule has 0 radical (unpaired) electrons. The molecule has 0 N–H and O–H groups in total. The van der Waals surface area contributed by atoms with Gasteiger partial charge in [-0.25, -0.2) is 4.79 Å². The topological polar surface area (TPSA) is 20.1 Å². The van der Waals surface area contributed by atoms with Crippen molar-refractivity contribution in [3.63, 3.8) is 0 Å². The molecule has 0 aromatic rings. The first-order valence-corrected chi connectivity index (χ1v) is 8.83. The Hall–Kier alpha value is -0.660. The minimum absolute atomic E-state index is 0.194. The lowest BCUT2D eigenvalue weighted by Crippen LogP contribution is -2.18. The predicted octanol–water partition coefficient (Wildman–Crippen LogP) is 5.34. The maximum absolute atomic E-state index is 11.5. The minimum atomic E-state index is 0.194. The molecule has 0 aromatic heterocycles. The van der Waals surface area contributed by atoms with Crippen molar-refractivity contribution < 1.29 is 9.37 Å². The van der Waals surface area contributed by atoms with Gasteiger partial charge in [0, 0.05) is 0 Å². The molecule has 0 spiro atoms. The SMILES string of the molecule is C=[N+](CC)C(=O)CCCCCCCCCCCCCC. The zero-order valence-electron chi connectivity index (χ0n) is 14.0. The second kappa shape index (κ2) is 14.7. The van der Waals surface area contributed by atoms with Gasteiger partial charge in [-0.3, -0.25) is 0 Å². The maximum atomic E-state index is 11.5. The standard InChI is InChI=1S/C18H36NO/c1-4-6-7-8-9-10-11-12-13-14-15-16-17-18(20)19(3)5-2/h3-17H2,1-2H3/q+1. The van der Waals surface area contributed by atoms with Crippen LogP contribution in [0, 0.1) is 0 Å². The van der Waals surface area contributed by atoms with Gasteiger partial charge in [0.05, 0.1) is 6.42 Å². The van der Waals surface area contributed by atoms with Gasteiger partial charge >= 0.3 is 5.91 Å². The second-order valence-corrected chi connectivity index (χ2v) is 5.89. The molecule has 0 heterocycles. The Bertz CT molecular complexity index is 248. The highest BCUT2D eigenvalue weighted by molar-refractivity contribution is 5.68. The average Bonchev–Trinajstić information content (AvgIpc) is 2.47. The zero-order valence-corrected chi connectivity index (χ0v) is 14.0. The molecule has 1 amide bonds. The molecule has 0 aliphatic rings. The average molecular weight is 282 g/mol. The minimum Gasteiger partial charge on any atom is -0.220 e. The fraction of sp³-hybridized carbons (Fsp3) is 0.889. The summed E-state index contributed by atoms with van der Waals surface area (Å²) in [6.45, 7) is 8.67. The molecule has 2 nitrogen and oxygen atoms in total. The third kappa shape index (κ3) is 12.4. The van der Waals surface area contributed by atoms with Crippen LogP contribution in [0.2, 0.25) is 0 Å². The molecule has 0 fully saturated rings. The van der Waals surface area contributed by atoms with E-state index in [1.165, 1.54) is 70.6 Å². The number of unbranched alkanes of at least 4 members (excludes halogenated alkanes) is 11. The van der Waals surface area contributed by atoms with Crippen LogP contribution < -0.4 is 0 Å². The Morgan fingerprint density at radius 3 is 1.55 bits per heavy atom. The number of carbonyl (C=O) groups is 1. The smallest absolute Gasteiger partial charge is 0.220 e. The lowest BCUT2D eigenvalue weighted by atomic mass is 10.0. The number of hydrogen-bond donors (Lipinski definition) is 0. The molecular formula is C18H36NO+. The molecule has 0 saturated heterocycles. The van der Waals surface area contributed by atoms with Crippen LogP contribution >= 0.6 is 0 Å². The van der Waals surface area contributed by atoms with E-state index in [1.807, 2.05) is 6.92 Å². The largest absolute Gasteiger partial charge is 0.386 e. The summed E-state index contributed by atoms with van der Waals surface area (Å²) in [7, 11) is 0. The molecule has 0 atom stereocenters. The van der Waals surface area contributed by atoms with Crippen molar-refractivity contribution in [2.45, 2.75) is 97.3 Å². The van der Waals surface area contributed by atoms with Crippen LogP contribution in [0.15, 0.2) is 0 Å². The highest BCUT2D eigenvalue weighted by Gasteiger charge is 2.10. The number of carbonyl (C=O) groups excluding carboxylic acids is 1. The van der Waals surface area contributed by atoms with Crippen LogP contribution in [-0.4, -0.2) is 23.7 Å². The molecule has 0 saturated carbocycles. The van der Waals surface area contributed by atoms with Gasteiger partial charge in [0.25, 0.3) is 0 Å². The van der Waals surface area contributed by atoms with Crippen molar-refractivity contribution in [3.05, 3.63) is 0 Å². The van der Waals surface area contributed by atoms with Crippen molar-refractivity contribution in [2.75, 3.05) is 6.54 Å². The van der Waals surface area contributed by atoms with E-state index in [4.69, 9.17) is 0 Å². The maximum Gasteiger partial charge on any atom is 0.386 e. The first-order valence-electron chi connectivity index (χ1n) is 8.83. The summed E-state index contributed by atoms with van der Waals surface area (Å²) in [6, 6.07) is 0. The highest BCUT2D eigenvalue weighted by Crippen LogP contribution is 2.12. The van der Waals surface area contributed by atoms with E-state index in [0.717, 1.165) is 13.0 Å². The Labute approximate surface area is 126 Å². The summed E-state index contributed by atoms with van der Waals surface area (Å²) in [5, 5.41) is 0. The summed E-state index contributed by atoms with van der Waals surface area (Å²) < 4.78 is 1.57. The van der Waals surface area contributed by atoms with E-state index < -0.39 is 0 Å². The molecule has 118 valence electrons. The molecule has 0 unspecified atom stereocenters. The van der Waals surface area contributed by atoms with Crippen molar-refractivity contribution >= 4 is 12.6 Å². The van der Waals surface area contributed by atoms with E-state index in [-0.39, 0.29) is 5.91 Å². The Kier molecular flexibility index (Phi) is 14.3. The van der Waals surface area contributed by atoms with Gasteiger partial charge in [0.15, 0.2) is 0 Å². The Morgan fingerprint density at radius 2 is 1.15 bits per heavy atom. The fourth-order valence-electron chi connectivity index (χ4n) is 2.45. The van der Waals surface area contributed by atoms with Crippen LogP contribution in [0.5, 0.6) is 0 Å². The van der Waals surface area contributed by atoms with E-state index in [2.05, 4.69) is 13.6 Å². The Morgan fingerprint density at radius 1 is 0.750 bits per heavy atom. The van der Waals surface area contributed by atoms with Gasteiger partial charge in [-0.2, -0.15) is 4.58 Å². The Balaban J connectivity index is 3.13. The van der Waals surface area contributed by atoms with E-state index in [1.54, 1.807) is 4.58 Å². The van der Waals surface area contributed by atoms with E-state index in [0.29, 0.717) is 6.42 Å². The second-order valence-electron chi connectivity index (χ2n) is 5.89. The summed E-state index contributed by atoms with van der Waals surface area (Å²) in [4.78, 5) is 11.5. The van der Waals surface area contributed by atoms with E-state index in [9.17, 15) is 4.79 Å². The zero-order chi connectivity index (χ0) is 15.1. The van der Waals surface area contributed by atoms with Crippen LogP contribution in [0.3, 0.4) is 0 Å². The fourth-order valence-corrected chi connectivity index (χ4v) is 2.45. The molecule has 2 heteroatoms. The lowest BCUT2D eigenvalue weighted by Gasteiger charge is -2.02. The molecule has 0 rings (SSSR count). The molecular weight excluding hydrogens is 246 g/mol. The molecule has 0 aliphatic heterocycles. The summed E-state index contributed by atoms with van der Waals surface area (Å²) in [5.41, 5.74) is 0. The number of nitrogens with zero attached hydrogens (tertiary/aromatic N) is 1. The van der Waals surface area contributed by atoms with Crippen molar-refractivity contribution in [3.8, 4) is 0 Å². The number of hydrogen-bond acceptors (Lipinski definition) is 1. The molecule has 0 aliphatic carbocycles. The molecule has 0 bridgehead atoms. The highest BCUT2D eigenvalue weighted by atomic mass is 16.2. The van der Waals surface area contributed by atoms with Gasteiger partial charge in [0.2, 0.25) is 0 Å². The van der Waals surface area contributed by atoms with Gasteiger partial charge < -0.3 is 0 Å². The third-order valence-electron chi connectivity index (χ3n) is 3.98.